The van der Waals surface area contributed by atoms with Crippen molar-refractivity contribution in [2.24, 2.45) is 0 Å². The molecule has 1 aliphatic heterocycles. The number of aliphatic hydroxyl groups is 1. The Bertz CT molecular complexity index is 856. The Balaban J connectivity index is 1.97. The van der Waals surface area contributed by atoms with Crippen LogP contribution in [0.1, 0.15) is 30.5 Å². The number of nitrogens with one attached hydrogen (secondary N) is 1. The number of aliphatic hydroxyl groups excluding tert-OH is 1. The maximum Gasteiger partial charge on any atom is 0.293 e. The van der Waals surface area contributed by atoms with Gasteiger partial charge in [-0.15, -0.1) is 0 Å². The first-order chi connectivity index (χ1) is 12.5. The zero-order valence-corrected chi connectivity index (χ0v) is 14.9. The second-order valence-electron chi connectivity index (χ2n) is 5.92. The first kappa shape index (κ1) is 18.0. The van der Waals surface area contributed by atoms with E-state index >= 15 is 0 Å². The molecule has 1 heterocycles. The van der Waals surface area contributed by atoms with Crippen molar-refractivity contribution in [2.75, 3.05) is 6.61 Å². The number of hydrogen-bond acceptors (Lipinski definition) is 4. The number of benzene rings is 2. The topological polar surface area (TPSA) is 75.6 Å². The molecule has 0 saturated carbocycles. The average Bonchev–Trinajstić information content (AvgIpc) is 2.95. The van der Waals surface area contributed by atoms with Crippen molar-refractivity contribution in [2.45, 2.75) is 19.4 Å². The van der Waals surface area contributed by atoms with Crippen molar-refractivity contribution >= 4 is 29.1 Å². The maximum atomic E-state index is 12.3. The molecule has 2 N–H and O–H groups in total. The van der Waals surface area contributed by atoms with Gasteiger partial charge < -0.3 is 15.2 Å². The molecule has 0 bridgehead atoms. The van der Waals surface area contributed by atoms with Gasteiger partial charge in [0.25, 0.3) is 11.7 Å². The Kier molecular flexibility index (Phi) is 5.28. The van der Waals surface area contributed by atoms with E-state index in [1.807, 2.05) is 6.92 Å². The molecule has 2 aromatic rings. The third-order valence-corrected chi connectivity index (χ3v) is 4.33. The number of carbonyl (C=O) groups excluding carboxylic acids is 2. The number of rotatable bonds is 5. The van der Waals surface area contributed by atoms with Gasteiger partial charge in [-0.1, -0.05) is 30.7 Å². The summed E-state index contributed by atoms with van der Waals surface area (Å²) in [7, 11) is 0. The second-order valence-corrected chi connectivity index (χ2v) is 6.36. The van der Waals surface area contributed by atoms with Crippen LogP contribution in [0.25, 0.3) is 5.76 Å². The van der Waals surface area contributed by atoms with E-state index in [0.29, 0.717) is 28.5 Å². The lowest BCUT2D eigenvalue weighted by Gasteiger charge is -2.14. The first-order valence-corrected chi connectivity index (χ1v) is 8.66. The number of halogens is 1. The molecule has 0 aliphatic carbocycles. The van der Waals surface area contributed by atoms with E-state index in [2.05, 4.69) is 5.32 Å². The van der Waals surface area contributed by atoms with Gasteiger partial charge in [0.1, 0.15) is 11.5 Å². The van der Waals surface area contributed by atoms with Crippen LogP contribution >= 0.6 is 11.6 Å². The van der Waals surface area contributed by atoms with E-state index < -0.39 is 17.7 Å². The lowest BCUT2D eigenvalue weighted by atomic mass is 9.96. The molecule has 5 nitrogen and oxygen atoms in total. The summed E-state index contributed by atoms with van der Waals surface area (Å²) in [5.74, 6) is -1.03. The van der Waals surface area contributed by atoms with Gasteiger partial charge >= 0.3 is 0 Å². The minimum atomic E-state index is -0.742. The van der Waals surface area contributed by atoms with E-state index in [-0.39, 0.29) is 11.3 Å². The maximum absolute atomic E-state index is 12.3. The number of Topliss-reactive ketones (excluding diaryl/α,β-unsaturated/α-hetero) is 1. The van der Waals surface area contributed by atoms with Gasteiger partial charge in [-0.05, 0) is 48.4 Å². The Hall–Kier alpha value is -2.79. The molecule has 6 heteroatoms. The summed E-state index contributed by atoms with van der Waals surface area (Å²) in [6.07, 6.45) is 0.891. The molecule has 1 saturated heterocycles. The minimum Gasteiger partial charge on any atom is -0.507 e. The summed E-state index contributed by atoms with van der Waals surface area (Å²) < 4.78 is 5.51. The van der Waals surface area contributed by atoms with Crippen LogP contribution in [0, 0.1) is 0 Å². The van der Waals surface area contributed by atoms with Crippen LogP contribution in [-0.2, 0) is 9.59 Å². The highest BCUT2D eigenvalue weighted by Gasteiger charge is 2.39. The summed E-state index contributed by atoms with van der Waals surface area (Å²) in [4.78, 5) is 24.2. The van der Waals surface area contributed by atoms with Crippen LogP contribution in [0.2, 0.25) is 5.02 Å². The molecule has 0 aromatic heterocycles. The van der Waals surface area contributed by atoms with Crippen molar-refractivity contribution in [1.29, 1.82) is 0 Å². The third kappa shape index (κ3) is 3.58. The van der Waals surface area contributed by atoms with E-state index in [9.17, 15) is 14.7 Å². The number of ketones is 1. The fraction of sp³-hybridized carbons (Fsp3) is 0.200. The summed E-state index contributed by atoms with van der Waals surface area (Å²) >= 11 is 5.89. The van der Waals surface area contributed by atoms with Crippen molar-refractivity contribution in [3.63, 3.8) is 0 Å². The lowest BCUT2D eigenvalue weighted by molar-refractivity contribution is -0.133. The van der Waals surface area contributed by atoms with Gasteiger partial charge in [0.05, 0.1) is 18.2 Å². The number of hydrogen-bond donors (Lipinski definition) is 2. The van der Waals surface area contributed by atoms with Crippen LogP contribution < -0.4 is 10.1 Å². The van der Waals surface area contributed by atoms with E-state index in [1.54, 1.807) is 48.5 Å². The highest BCUT2D eigenvalue weighted by atomic mass is 35.5. The quantitative estimate of drug-likeness (QED) is 0.475. The highest BCUT2D eigenvalue weighted by molar-refractivity contribution is 6.46. The van der Waals surface area contributed by atoms with E-state index in [4.69, 9.17) is 16.3 Å². The molecule has 0 radical (unpaired) electrons. The van der Waals surface area contributed by atoms with Crippen molar-refractivity contribution in [1.82, 2.24) is 5.32 Å². The monoisotopic (exact) mass is 371 g/mol. The van der Waals surface area contributed by atoms with Crippen LogP contribution in [0.15, 0.2) is 54.1 Å². The molecular weight excluding hydrogens is 354 g/mol. The molecule has 2 aromatic carbocycles. The Morgan fingerprint density at radius 1 is 1.12 bits per heavy atom. The molecule has 26 heavy (non-hydrogen) atoms. The molecule has 0 spiro atoms. The summed E-state index contributed by atoms with van der Waals surface area (Å²) in [5.41, 5.74) is 1.13. The molecule has 1 fully saturated rings. The van der Waals surface area contributed by atoms with Gasteiger partial charge in [0, 0.05) is 10.6 Å². The molecular formula is C20H18ClNO4. The fourth-order valence-corrected chi connectivity index (χ4v) is 2.88. The zero-order valence-electron chi connectivity index (χ0n) is 14.2. The van der Waals surface area contributed by atoms with Gasteiger partial charge in [-0.25, -0.2) is 0 Å². The van der Waals surface area contributed by atoms with Crippen LogP contribution in [0.4, 0.5) is 0 Å². The summed E-state index contributed by atoms with van der Waals surface area (Å²) in [6.45, 7) is 2.61. The second kappa shape index (κ2) is 7.62. The van der Waals surface area contributed by atoms with Crippen molar-refractivity contribution in [3.05, 3.63) is 70.3 Å². The molecule has 1 amide bonds. The molecule has 3 rings (SSSR count). The lowest BCUT2D eigenvalue weighted by Crippen LogP contribution is -2.21. The Morgan fingerprint density at radius 2 is 1.77 bits per heavy atom. The van der Waals surface area contributed by atoms with Crippen LogP contribution in [-0.4, -0.2) is 23.4 Å². The predicted molar refractivity (Wildman–Crippen MR) is 99.1 cm³/mol. The minimum absolute atomic E-state index is 0.0274. The van der Waals surface area contributed by atoms with Gasteiger partial charge in [0.2, 0.25) is 0 Å². The number of amides is 1. The third-order valence-electron chi connectivity index (χ3n) is 4.07. The standard InChI is InChI=1S/C20H18ClNO4/c1-2-11-26-15-9-5-13(6-10-15)18(23)16-17(22-20(25)19(16)24)12-3-7-14(21)8-4-12/h3-10,17,23H,2,11H2,1H3,(H,22,25)/b18-16+. The zero-order chi connectivity index (χ0) is 18.7. The highest BCUT2D eigenvalue weighted by Crippen LogP contribution is 2.33. The van der Waals surface area contributed by atoms with Gasteiger partial charge in [0.15, 0.2) is 0 Å². The van der Waals surface area contributed by atoms with Gasteiger partial charge in [-0.2, -0.15) is 0 Å². The van der Waals surface area contributed by atoms with Crippen LogP contribution in [0.3, 0.4) is 0 Å². The van der Waals surface area contributed by atoms with Crippen LogP contribution in [0.5, 0.6) is 5.75 Å². The summed E-state index contributed by atoms with van der Waals surface area (Å²) in [5, 5.41) is 13.8. The SMILES string of the molecule is CCCOc1ccc(/C(O)=C2\C(=O)C(=O)NC2c2ccc(Cl)cc2)cc1. The van der Waals surface area contributed by atoms with E-state index in [0.717, 1.165) is 6.42 Å². The molecule has 1 atom stereocenters. The molecule has 1 unspecified atom stereocenters. The summed E-state index contributed by atoms with van der Waals surface area (Å²) in [6, 6.07) is 12.8. The van der Waals surface area contributed by atoms with Gasteiger partial charge in [-0.3, -0.25) is 9.59 Å². The smallest absolute Gasteiger partial charge is 0.293 e. The van der Waals surface area contributed by atoms with Crippen molar-refractivity contribution in [3.8, 4) is 5.75 Å². The normalized spacial score (nSPS) is 18.6. The average molecular weight is 372 g/mol. The fourth-order valence-electron chi connectivity index (χ4n) is 2.76. The van der Waals surface area contributed by atoms with Crippen molar-refractivity contribution < 1.29 is 19.4 Å². The largest absolute Gasteiger partial charge is 0.507 e. The molecule has 134 valence electrons. The first-order valence-electron chi connectivity index (χ1n) is 8.28. The Morgan fingerprint density at radius 3 is 2.38 bits per heavy atom. The van der Waals surface area contributed by atoms with E-state index in [1.165, 1.54) is 0 Å². The number of carbonyl (C=O) groups is 2. The number of ether oxygens (including phenoxy) is 1. The Labute approximate surface area is 156 Å². The molecule has 1 aliphatic rings. The predicted octanol–water partition coefficient (Wildman–Crippen LogP) is 3.84.